The molecule has 2 nitrogen and oxygen atoms in total. The smallest absolute Gasteiger partial charge is 0.0758 e. The Morgan fingerprint density at radius 3 is 1.59 bits per heavy atom. The Morgan fingerprint density at radius 2 is 1.23 bits per heavy atom. The van der Waals surface area contributed by atoms with Crippen molar-refractivity contribution in [2.24, 2.45) is 0 Å². The van der Waals surface area contributed by atoms with Gasteiger partial charge in [-0.15, -0.1) is 0 Å². The first-order chi connectivity index (χ1) is 10.7. The van der Waals surface area contributed by atoms with Gasteiger partial charge in [-0.25, -0.2) is 0 Å². The molecule has 0 aliphatic rings. The first kappa shape index (κ1) is 16.8. The molecule has 2 aromatic carbocycles. The molecule has 0 radical (unpaired) electrons. The van der Waals surface area contributed by atoms with Gasteiger partial charge in [0.1, 0.15) is 0 Å². The van der Waals surface area contributed by atoms with Gasteiger partial charge in [-0.3, -0.25) is 8.37 Å². The number of rotatable bonds is 9. The van der Waals surface area contributed by atoms with Crippen LogP contribution in [0.25, 0.3) is 0 Å². The Hall–Kier alpha value is -1.55. The van der Waals surface area contributed by atoms with Gasteiger partial charge in [0.2, 0.25) is 0 Å². The van der Waals surface area contributed by atoms with Crippen molar-refractivity contribution in [1.82, 2.24) is 0 Å². The van der Waals surface area contributed by atoms with E-state index in [1.54, 1.807) is 0 Å². The molecular weight excluding hydrogens is 292 g/mol. The van der Waals surface area contributed by atoms with E-state index in [-0.39, 0.29) is 0 Å². The molecule has 0 atom stereocenters. The topological polar surface area (TPSA) is 18.5 Å². The van der Waals surface area contributed by atoms with Crippen LogP contribution in [-0.2, 0) is 21.2 Å². The Bertz CT molecular complexity index is 509. The van der Waals surface area contributed by atoms with Crippen molar-refractivity contribution in [3.63, 3.8) is 0 Å². The van der Waals surface area contributed by atoms with Crippen molar-refractivity contribution in [1.29, 1.82) is 0 Å². The summed E-state index contributed by atoms with van der Waals surface area (Å²) in [6.07, 6.45) is 3.77. The quantitative estimate of drug-likeness (QED) is 0.654. The van der Waals surface area contributed by atoms with Gasteiger partial charge in [0.25, 0.3) is 0 Å². The molecule has 0 fully saturated rings. The van der Waals surface area contributed by atoms with E-state index in [2.05, 4.69) is 30.8 Å². The van der Waals surface area contributed by atoms with Gasteiger partial charge >= 0.3 is 0 Å². The van der Waals surface area contributed by atoms with Crippen LogP contribution in [0.5, 0.6) is 0 Å². The maximum absolute atomic E-state index is 5.96. The van der Waals surface area contributed by atoms with Crippen LogP contribution in [0.2, 0.25) is 0 Å². The van der Waals surface area contributed by atoms with Gasteiger partial charge in [-0.1, -0.05) is 67.2 Å². The second kappa shape index (κ2) is 8.79. The molecule has 0 aliphatic heterocycles. The lowest BCUT2D eigenvalue weighted by Crippen LogP contribution is -2.09. The van der Waals surface area contributed by atoms with Crippen LogP contribution in [0.3, 0.4) is 0 Å². The molecular formula is C19H24O2S. The van der Waals surface area contributed by atoms with Crippen molar-refractivity contribution in [2.75, 3.05) is 19.5 Å². The first-order valence-corrected chi connectivity index (χ1v) is 9.45. The Labute approximate surface area is 135 Å². The summed E-state index contributed by atoms with van der Waals surface area (Å²) >= 11 is 0. The summed E-state index contributed by atoms with van der Waals surface area (Å²) in [6.45, 7) is 5.16. The second-order valence-corrected chi connectivity index (χ2v) is 7.58. The lowest BCUT2D eigenvalue weighted by atomic mass is 10.2. The highest BCUT2D eigenvalue weighted by Gasteiger charge is 2.11. The summed E-state index contributed by atoms with van der Waals surface area (Å²) in [5.41, 5.74) is 2.55. The molecule has 2 rings (SSSR count). The zero-order valence-corrected chi connectivity index (χ0v) is 13.9. The summed E-state index contributed by atoms with van der Waals surface area (Å²) in [5, 5.41) is 1.81. The van der Waals surface area contributed by atoms with Gasteiger partial charge in [0.05, 0.1) is 13.2 Å². The molecule has 0 unspecified atom stereocenters. The van der Waals surface area contributed by atoms with Crippen LogP contribution in [0.1, 0.15) is 11.1 Å². The minimum absolute atomic E-state index is 0.646. The summed E-state index contributed by atoms with van der Waals surface area (Å²) in [5.74, 6) is 0. The van der Waals surface area contributed by atoms with Gasteiger partial charge in [0, 0.05) is 11.7 Å². The Kier molecular flexibility index (Phi) is 6.72. The molecule has 0 aliphatic carbocycles. The molecule has 3 heteroatoms. The zero-order valence-electron chi connectivity index (χ0n) is 13.1. The number of benzene rings is 2. The molecule has 2 aromatic rings. The van der Waals surface area contributed by atoms with E-state index in [9.17, 15) is 0 Å². The lowest BCUT2D eigenvalue weighted by molar-refractivity contribution is 0.269. The minimum Gasteiger partial charge on any atom is -0.280 e. The van der Waals surface area contributed by atoms with Crippen molar-refractivity contribution in [2.45, 2.75) is 12.8 Å². The van der Waals surface area contributed by atoms with Crippen molar-refractivity contribution < 1.29 is 8.37 Å². The average molecular weight is 316 g/mol. The minimum atomic E-state index is -1.65. The SMILES string of the molecule is C=CS(C)(OCCc1ccccc1)OCCc1ccccc1. The highest BCUT2D eigenvalue weighted by molar-refractivity contribution is 8.27. The van der Waals surface area contributed by atoms with E-state index in [1.165, 1.54) is 11.1 Å². The van der Waals surface area contributed by atoms with Crippen molar-refractivity contribution in [3.8, 4) is 0 Å². The fourth-order valence-corrected chi connectivity index (χ4v) is 3.16. The zero-order chi connectivity index (χ0) is 15.7. The predicted octanol–water partition coefficient (Wildman–Crippen LogP) is 4.91. The summed E-state index contributed by atoms with van der Waals surface area (Å²) in [4.78, 5) is 0. The molecule has 118 valence electrons. The molecule has 0 aromatic heterocycles. The fourth-order valence-electron chi connectivity index (χ4n) is 2.07. The van der Waals surface area contributed by atoms with Crippen molar-refractivity contribution >= 4 is 10.6 Å². The van der Waals surface area contributed by atoms with Gasteiger partial charge in [0.15, 0.2) is 0 Å². The molecule has 0 saturated heterocycles. The molecule has 0 amide bonds. The average Bonchev–Trinajstić information content (AvgIpc) is 2.57. The molecule has 0 bridgehead atoms. The third-order valence-corrected chi connectivity index (χ3v) is 5.28. The molecule has 22 heavy (non-hydrogen) atoms. The van der Waals surface area contributed by atoms with Crippen LogP contribution >= 0.6 is 10.6 Å². The van der Waals surface area contributed by atoms with Gasteiger partial charge in [-0.05, 0) is 24.0 Å². The second-order valence-electron chi connectivity index (χ2n) is 5.11. The lowest BCUT2D eigenvalue weighted by Gasteiger charge is -2.36. The van der Waals surface area contributed by atoms with Crippen LogP contribution < -0.4 is 0 Å². The summed E-state index contributed by atoms with van der Waals surface area (Å²) in [7, 11) is -1.65. The monoisotopic (exact) mass is 316 g/mol. The van der Waals surface area contributed by atoms with E-state index in [1.807, 2.05) is 48.1 Å². The Morgan fingerprint density at radius 1 is 0.818 bits per heavy atom. The van der Waals surface area contributed by atoms with Gasteiger partial charge < -0.3 is 0 Å². The third-order valence-electron chi connectivity index (χ3n) is 3.40. The van der Waals surface area contributed by atoms with Crippen LogP contribution in [0.4, 0.5) is 0 Å². The molecule has 0 saturated carbocycles. The van der Waals surface area contributed by atoms with Crippen molar-refractivity contribution in [3.05, 3.63) is 83.8 Å². The molecule has 0 N–H and O–H groups in total. The summed E-state index contributed by atoms with van der Waals surface area (Å²) in [6, 6.07) is 20.7. The third kappa shape index (κ3) is 5.68. The fraction of sp³-hybridized carbons (Fsp3) is 0.263. The molecule has 0 spiro atoms. The first-order valence-electron chi connectivity index (χ1n) is 7.49. The van der Waals surface area contributed by atoms with Crippen LogP contribution in [0.15, 0.2) is 72.7 Å². The van der Waals surface area contributed by atoms with E-state index < -0.39 is 10.6 Å². The standard InChI is InChI=1S/C19H24O2S/c1-3-22(2,20-16-14-18-10-6-4-7-11-18)21-17-15-19-12-8-5-9-13-19/h3-13H,1,14-17H2,2H3. The molecule has 0 heterocycles. The van der Waals surface area contributed by atoms with Crippen LogP contribution in [-0.4, -0.2) is 19.5 Å². The highest BCUT2D eigenvalue weighted by atomic mass is 32.3. The van der Waals surface area contributed by atoms with E-state index in [4.69, 9.17) is 8.37 Å². The predicted molar refractivity (Wildman–Crippen MR) is 95.9 cm³/mol. The number of hydrogen-bond acceptors (Lipinski definition) is 2. The summed E-state index contributed by atoms with van der Waals surface area (Å²) < 4.78 is 11.9. The van der Waals surface area contributed by atoms with E-state index >= 15 is 0 Å². The maximum atomic E-state index is 5.96. The Balaban J connectivity index is 1.75. The number of hydrogen-bond donors (Lipinski definition) is 0. The van der Waals surface area contributed by atoms with Crippen LogP contribution in [0, 0.1) is 0 Å². The van der Waals surface area contributed by atoms with Gasteiger partial charge in [-0.2, -0.15) is 10.6 Å². The maximum Gasteiger partial charge on any atom is 0.0758 e. The largest absolute Gasteiger partial charge is 0.280 e. The van der Waals surface area contributed by atoms with E-state index in [0.717, 1.165) is 12.8 Å². The van der Waals surface area contributed by atoms with E-state index in [0.29, 0.717) is 13.2 Å². The normalized spacial score (nSPS) is 12.0. The highest BCUT2D eigenvalue weighted by Crippen LogP contribution is 2.47.